The van der Waals surface area contributed by atoms with Crippen LogP contribution in [0.2, 0.25) is 5.15 Å². The third-order valence-corrected chi connectivity index (χ3v) is 2.94. The van der Waals surface area contributed by atoms with Crippen LogP contribution < -0.4 is 5.32 Å². The van der Waals surface area contributed by atoms with Crippen molar-refractivity contribution < 1.29 is 14.3 Å². The molecule has 0 spiro atoms. The van der Waals surface area contributed by atoms with Crippen molar-refractivity contribution in [2.75, 3.05) is 32.6 Å². The third kappa shape index (κ3) is 5.14. The number of halogens is 1. The highest BCUT2D eigenvalue weighted by Gasteiger charge is 2.17. The van der Waals surface area contributed by atoms with Crippen molar-refractivity contribution in [2.24, 2.45) is 5.92 Å². The Morgan fingerprint density at radius 2 is 2.25 bits per heavy atom. The van der Waals surface area contributed by atoms with Crippen LogP contribution in [0.3, 0.4) is 0 Å². The van der Waals surface area contributed by atoms with Gasteiger partial charge in [-0.1, -0.05) is 18.5 Å². The Morgan fingerprint density at radius 1 is 1.55 bits per heavy atom. The number of hydrogen-bond acceptors (Lipinski definition) is 5. The number of anilines is 1. The fraction of sp³-hybridized carbons (Fsp3) is 0.462. The number of aromatic nitrogens is 1. The molecule has 0 saturated carbocycles. The van der Waals surface area contributed by atoms with Gasteiger partial charge in [0.25, 0.3) is 0 Å². The number of carbonyl (C=O) groups is 2. The number of rotatable bonds is 6. The lowest BCUT2D eigenvalue weighted by Crippen LogP contribution is -2.35. The normalized spacial score (nSPS) is 12.1. The monoisotopic (exact) mass is 299 g/mol. The highest BCUT2D eigenvalue weighted by atomic mass is 35.5. The number of hydrogen-bond donors (Lipinski definition) is 1. The van der Waals surface area contributed by atoms with Gasteiger partial charge >= 0.3 is 5.97 Å². The first kappa shape index (κ1) is 16.4. The molecule has 1 aromatic heterocycles. The van der Waals surface area contributed by atoms with E-state index in [0.29, 0.717) is 12.2 Å². The second-order valence-electron chi connectivity index (χ2n) is 4.51. The first-order valence-electron chi connectivity index (χ1n) is 6.10. The van der Waals surface area contributed by atoms with Crippen molar-refractivity contribution in [3.63, 3.8) is 0 Å². The van der Waals surface area contributed by atoms with Gasteiger partial charge in [0.05, 0.1) is 25.3 Å². The van der Waals surface area contributed by atoms with Gasteiger partial charge in [-0.3, -0.25) is 14.5 Å². The average Bonchev–Trinajstić information content (AvgIpc) is 2.40. The average molecular weight is 300 g/mol. The summed E-state index contributed by atoms with van der Waals surface area (Å²) in [6, 6.07) is 3.36. The van der Waals surface area contributed by atoms with Crippen molar-refractivity contribution in [3.05, 3.63) is 23.5 Å². The molecule has 0 fully saturated rings. The molecule has 1 rings (SSSR count). The van der Waals surface area contributed by atoms with Gasteiger partial charge in [-0.05, 0) is 19.2 Å². The third-order valence-electron chi connectivity index (χ3n) is 2.64. The molecule has 0 aliphatic heterocycles. The number of pyridine rings is 1. The van der Waals surface area contributed by atoms with E-state index in [1.807, 2.05) is 0 Å². The van der Waals surface area contributed by atoms with Gasteiger partial charge in [-0.25, -0.2) is 4.98 Å². The number of amides is 1. The van der Waals surface area contributed by atoms with Gasteiger partial charge in [0.15, 0.2) is 5.15 Å². The summed E-state index contributed by atoms with van der Waals surface area (Å²) in [5.41, 5.74) is 0.466. The van der Waals surface area contributed by atoms with Crippen LogP contribution in [0.15, 0.2) is 18.3 Å². The van der Waals surface area contributed by atoms with Crippen LogP contribution >= 0.6 is 11.6 Å². The Kier molecular flexibility index (Phi) is 6.41. The van der Waals surface area contributed by atoms with E-state index >= 15 is 0 Å². The smallest absolute Gasteiger partial charge is 0.309 e. The van der Waals surface area contributed by atoms with E-state index < -0.39 is 0 Å². The molecule has 1 heterocycles. The topological polar surface area (TPSA) is 71.5 Å². The number of nitrogens with one attached hydrogen (secondary N) is 1. The fourth-order valence-corrected chi connectivity index (χ4v) is 1.89. The zero-order valence-electron chi connectivity index (χ0n) is 11.7. The molecule has 0 aliphatic carbocycles. The second-order valence-corrected chi connectivity index (χ2v) is 4.87. The number of methoxy groups -OCH3 is 1. The molecule has 1 unspecified atom stereocenters. The fourth-order valence-electron chi connectivity index (χ4n) is 1.72. The lowest BCUT2D eigenvalue weighted by molar-refractivity contribution is -0.145. The van der Waals surface area contributed by atoms with E-state index in [1.54, 1.807) is 37.2 Å². The quantitative estimate of drug-likeness (QED) is 0.635. The van der Waals surface area contributed by atoms with E-state index in [9.17, 15) is 9.59 Å². The van der Waals surface area contributed by atoms with Crippen LogP contribution in [-0.4, -0.2) is 49.0 Å². The summed E-state index contributed by atoms with van der Waals surface area (Å²) < 4.78 is 4.64. The van der Waals surface area contributed by atoms with E-state index in [-0.39, 0.29) is 29.5 Å². The Bertz CT molecular complexity index is 482. The molecule has 110 valence electrons. The molecule has 7 heteroatoms. The largest absolute Gasteiger partial charge is 0.469 e. The molecular weight excluding hydrogens is 282 g/mol. The lowest BCUT2D eigenvalue weighted by Gasteiger charge is -2.19. The van der Waals surface area contributed by atoms with Crippen LogP contribution in [-0.2, 0) is 14.3 Å². The van der Waals surface area contributed by atoms with Crippen molar-refractivity contribution >= 4 is 29.2 Å². The maximum Gasteiger partial charge on any atom is 0.309 e. The molecule has 1 N–H and O–H groups in total. The van der Waals surface area contributed by atoms with Gasteiger partial charge in [0.2, 0.25) is 5.91 Å². The summed E-state index contributed by atoms with van der Waals surface area (Å²) in [7, 11) is 3.10. The van der Waals surface area contributed by atoms with E-state index in [1.165, 1.54) is 7.11 Å². The summed E-state index contributed by atoms with van der Waals surface area (Å²) in [5, 5.41) is 2.91. The molecule has 0 radical (unpaired) electrons. The standard InChI is InChI=1S/C13H18ClN3O3/c1-9(13(19)20-3)7-17(2)8-11(18)16-10-5-4-6-15-12(10)14/h4-6,9H,7-8H2,1-3H3,(H,16,18). The number of ether oxygens (including phenoxy) is 1. The van der Waals surface area contributed by atoms with Crippen LogP contribution in [0.4, 0.5) is 5.69 Å². The first-order valence-corrected chi connectivity index (χ1v) is 6.48. The minimum Gasteiger partial charge on any atom is -0.469 e. The van der Waals surface area contributed by atoms with Gasteiger partial charge in [0.1, 0.15) is 0 Å². The summed E-state index contributed by atoms with van der Waals surface area (Å²) in [4.78, 5) is 28.7. The Labute approximate surface area is 123 Å². The Hall–Kier alpha value is -1.66. The van der Waals surface area contributed by atoms with Gasteiger partial charge in [0, 0.05) is 12.7 Å². The summed E-state index contributed by atoms with van der Waals surface area (Å²) in [5.74, 6) is -0.813. The van der Waals surface area contributed by atoms with Crippen molar-refractivity contribution in [1.29, 1.82) is 0 Å². The maximum absolute atomic E-state index is 11.8. The number of esters is 1. The minimum absolute atomic E-state index is 0.145. The molecule has 1 aromatic rings. The lowest BCUT2D eigenvalue weighted by atomic mass is 10.2. The Balaban J connectivity index is 2.46. The molecule has 0 bridgehead atoms. The van der Waals surface area contributed by atoms with Crippen LogP contribution in [0.25, 0.3) is 0 Å². The molecule has 0 aliphatic rings. The van der Waals surface area contributed by atoms with Crippen molar-refractivity contribution in [1.82, 2.24) is 9.88 Å². The molecule has 6 nitrogen and oxygen atoms in total. The van der Waals surface area contributed by atoms with Crippen molar-refractivity contribution in [2.45, 2.75) is 6.92 Å². The molecule has 1 atom stereocenters. The van der Waals surface area contributed by atoms with Gasteiger partial charge in [-0.2, -0.15) is 0 Å². The highest BCUT2D eigenvalue weighted by Crippen LogP contribution is 2.17. The SMILES string of the molecule is COC(=O)C(C)CN(C)CC(=O)Nc1cccnc1Cl. The molecule has 0 aromatic carbocycles. The van der Waals surface area contributed by atoms with Gasteiger partial charge < -0.3 is 10.1 Å². The molecule has 0 saturated heterocycles. The summed E-state index contributed by atoms with van der Waals surface area (Å²) in [6.07, 6.45) is 1.54. The van der Waals surface area contributed by atoms with E-state index in [0.717, 1.165) is 0 Å². The molecular formula is C13H18ClN3O3. The van der Waals surface area contributed by atoms with E-state index in [2.05, 4.69) is 15.0 Å². The summed E-state index contributed by atoms with van der Waals surface area (Å²) in [6.45, 7) is 2.33. The molecule has 20 heavy (non-hydrogen) atoms. The number of nitrogens with zero attached hydrogens (tertiary/aromatic N) is 2. The highest BCUT2D eigenvalue weighted by molar-refractivity contribution is 6.32. The van der Waals surface area contributed by atoms with Crippen LogP contribution in [0, 0.1) is 5.92 Å². The first-order chi connectivity index (χ1) is 9.43. The second kappa shape index (κ2) is 7.81. The van der Waals surface area contributed by atoms with Crippen LogP contribution in [0.1, 0.15) is 6.92 Å². The maximum atomic E-state index is 11.8. The predicted octanol–water partition coefficient (Wildman–Crippen LogP) is 1.41. The Morgan fingerprint density at radius 3 is 2.85 bits per heavy atom. The predicted molar refractivity (Wildman–Crippen MR) is 76.6 cm³/mol. The van der Waals surface area contributed by atoms with E-state index in [4.69, 9.17) is 11.6 Å². The van der Waals surface area contributed by atoms with Crippen LogP contribution in [0.5, 0.6) is 0 Å². The molecule has 1 amide bonds. The number of likely N-dealkylation sites (N-methyl/N-ethyl adjacent to an activating group) is 1. The summed E-state index contributed by atoms with van der Waals surface area (Å²) >= 11 is 5.85. The zero-order chi connectivity index (χ0) is 15.1. The zero-order valence-corrected chi connectivity index (χ0v) is 12.5. The van der Waals surface area contributed by atoms with Crippen molar-refractivity contribution in [3.8, 4) is 0 Å². The van der Waals surface area contributed by atoms with Gasteiger partial charge in [-0.15, -0.1) is 0 Å². The minimum atomic E-state index is -0.299. The number of carbonyl (C=O) groups excluding carboxylic acids is 2.